The molecule has 0 radical (unpaired) electrons. The summed E-state index contributed by atoms with van der Waals surface area (Å²) in [5, 5.41) is 2.38. The fraction of sp³-hybridized carbons (Fsp3) is 0.478. The Morgan fingerprint density at radius 3 is 2.11 bits per heavy atom. The van der Waals surface area contributed by atoms with E-state index < -0.39 is 0 Å². The lowest BCUT2D eigenvalue weighted by Crippen LogP contribution is -2.94. The van der Waals surface area contributed by atoms with E-state index in [0.29, 0.717) is 17.8 Å². The van der Waals surface area contributed by atoms with E-state index in [1.54, 1.807) is 19.2 Å². The highest BCUT2D eigenvalue weighted by Crippen LogP contribution is 2.29. The molecule has 0 aliphatic carbocycles. The van der Waals surface area contributed by atoms with Crippen molar-refractivity contribution in [3.63, 3.8) is 0 Å². The quantitative estimate of drug-likeness (QED) is 0.727. The summed E-state index contributed by atoms with van der Waals surface area (Å²) in [6.07, 6.45) is 1.13. The third-order valence-electron chi connectivity index (χ3n) is 4.41. The third-order valence-corrected chi connectivity index (χ3v) is 4.41. The molecule has 0 heterocycles. The molecule has 27 heavy (non-hydrogen) atoms. The maximum Gasteiger partial charge on any atom is 0.161 e. The van der Waals surface area contributed by atoms with Gasteiger partial charge in [-0.25, -0.2) is 4.39 Å². The number of quaternary nitrogens is 1. The number of halogens is 1. The standard InChI is InChI=1S/C23H32FNO2/c1-22(2,3)16-23(4,5)25-14-18-9-12-20(21(13-18)26-6)27-15-17-7-10-19(24)11-8-17/h7-13,25H,14-16H2,1-6H3/p+1. The van der Waals surface area contributed by atoms with Gasteiger partial charge in [-0.15, -0.1) is 0 Å². The van der Waals surface area contributed by atoms with Crippen LogP contribution in [0.1, 0.15) is 52.2 Å². The Balaban J connectivity index is 1.99. The third kappa shape index (κ3) is 7.22. The minimum atomic E-state index is -0.244. The van der Waals surface area contributed by atoms with E-state index >= 15 is 0 Å². The number of hydrogen-bond acceptors (Lipinski definition) is 2. The monoisotopic (exact) mass is 374 g/mol. The van der Waals surface area contributed by atoms with Crippen LogP contribution in [0.15, 0.2) is 42.5 Å². The first-order valence-corrected chi connectivity index (χ1v) is 9.46. The van der Waals surface area contributed by atoms with E-state index in [-0.39, 0.29) is 11.4 Å². The lowest BCUT2D eigenvalue weighted by molar-refractivity contribution is -0.737. The zero-order valence-corrected chi connectivity index (χ0v) is 17.4. The molecule has 3 nitrogen and oxygen atoms in total. The van der Waals surface area contributed by atoms with Crippen LogP contribution in [-0.2, 0) is 13.2 Å². The molecule has 2 aromatic rings. The molecule has 0 saturated carbocycles. The molecule has 0 amide bonds. The van der Waals surface area contributed by atoms with E-state index in [1.165, 1.54) is 17.7 Å². The molecule has 0 unspecified atom stereocenters. The van der Waals surface area contributed by atoms with Crippen LogP contribution in [-0.4, -0.2) is 12.6 Å². The molecule has 2 N–H and O–H groups in total. The van der Waals surface area contributed by atoms with Gasteiger partial charge in [0.1, 0.15) is 19.0 Å². The van der Waals surface area contributed by atoms with Gasteiger partial charge in [-0.2, -0.15) is 0 Å². The van der Waals surface area contributed by atoms with Crippen molar-refractivity contribution >= 4 is 0 Å². The lowest BCUT2D eigenvalue weighted by atomic mass is 9.82. The van der Waals surface area contributed by atoms with Gasteiger partial charge in [-0.05, 0) is 55.2 Å². The summed E-state index contributed by atoms with van der Waals surface area (Å²) >= 11 is 0. The van der Waals surface area contributed by atoms with Crippen molar-refractivity contribution in [1.82, 2.24) is 0 Å². The Morgan fingerprint density at radius 2 is 1.52 bits per heavy atom. The largest absolute Gasteiger partial charge is 0.493 e. The molecule has 0 aromatic heterocycles. The highest BCUT2D eigenvalue weighted by Gasteiger charge is 2.28. The number of hydrogen-bond donors (Lipinski definition) is 1. The summed E-state index contributed by atoms with van der Waals surface area (Å²) in [7, 11) is 1.65. The van der Waals surface area contributed by atoms with Crippen LogP contribution in [0.5, 0.6) is 11.5 Å². The average Bonchev–Trinajstić information content (AvgIpc) is 2.58. The van der Waals surface area contributed by atoms with Crippen LogP contribution in [0.25, 0.3) is 0 Å². The first-order chi connectivity index (χ1) is 12.6. The number of nitrogens with two attached hydrogens (primary N) is 1. The van der Waals surface area contributed by atoms with Crippen molar-refractivity contribution in [2.24, 2.45) is 5.41 Å². The maximum atomic E-state index is 13.0. The predicted octanol–water partition coefficient (Wildman–Crippen LogP) is 4.69. The van der Waals surface area contributed by atoms with E-state index in [4.69, 9.17) is 9.47 Å². The van der Waals surface area contributed by atoms with Gasteiger partial charge in [0.2, 0.25) is 0 Å². The van der Waals surface area contributed by atoms with Crippen molar-refractivity contribution in [1.29, 1.82) is 0 Å². The predicted molar refractivity (Wildman–Crippen MR) is 108 cm³/mol. The second kappa shape index (κ2) is 8.75. The fourth-order valence-corrected chi connectivity index (χ4v) is 3.53. The zero-order chi connectivity index (χ0) is 20.1. The van der Waals surface area contributed by atoms with Crippen molar-refractivity contribution in [2.75, 3.05) is 7.11 Å². The highest BCUT2D eigenvalue weighted by molar-refractivity contribution is 5.42. The van der Waals surface area contributed by atoms with E-state index in [2.05, 4.69) is 46.0 Å². The second-order valence-electron chi connectivity index (χ2n) is 9.03. The fourth-order valence-electron chi connectivity index (χ4n) is 3.53. The summed E-state index contributed by atoms with van der Waals surface area (Å²) < 4.78 is 24.4. The molecule has 0 aliphatic heterocycles. The summed E-state index contributed by atoms with van der Waals surface area (Å²) in [5.74, 6) is 1.17. The van der Waals surface area contributed by atoms with Crippen LogP contribution in [0, 0.1) is 11.2 Å². The van der Waals surface area contributed by atoms with Gasteiger partial charge >= 0.3 is 0 Å². The topological polar surface area (TPSA) is 35.1 Å². The molecule has 148 valence electrons. The van der Waals surface area contributed by atoms with Crippen LogP contribution in [0.3, 0.4) is 0 Å². The number of benzene rings is 2. The van der Waals surface area contributed by atoms with Crippen LogP contribution < -0.4 is 14.8 Å². The van der Waals surface area contributed by atoms with Gasteiger partial charge in [0.15, 0.2) is 11.5 Å². The molecule has 0 aliphatic rings. The molecular formula is C23H33FNO2+. The van der Waals surface area contributed by atoms with Gasteiger partial charge in [-0.3, -0.25) is 0 Å². The van der Waals surface area contributed by atoms with E-state index in [9.17, 15) is 4.39 Å². The molecule has 2 rings (SSSR count). The Kier molecular flexibility index (Phi) is 6.88. The van der Waals surface area contributed by atoms with E-state index in [0.717, 1.165) is 24.3 Å². The van der Waals surface area contributed by atoms with Gasteiger partial charge < -0.3 is 14.8 Å². The van der Waals surface area contributed by atoms with E-state index in [1.807, 2.05) is 12.1 Å². The lowest BCUT2D eigenvalue weighted by Gasteiger charge is -2.30. The summed E-state index contributed by atoms with van der Waals surface area (Å²) in [5.41, 5.74) is 2.58. The number of methoxy groups -OCH3 is 1. The summed E-state index contributed by atoms with van der Waals surface area (Å²) in [4.78, 5) is 0. The van der Waals surface area contributed by atoms with Crippen molar-refractivity contribution in [3.8, 4) is 11.5 Å². The van der Waals surface area contributed by atoms with Gasteiger partial charge in [0.05, 0.1) is 12.6 Å². The van der Waals surface area contributed by atoms with Crippen LogP contribution in [0.4, 0.5) is 4.39 Å². The molecule has 4 heteroatoms. The summed E-state index contributed by atoms with van der Waals surface area (Å²) in [6.45, 7) is 12.7. The molecular weight excluding hydrogens is 341 g/mol. The smallest absolute Gasteiger partial charge is 0.161 e. The zero-order valence-electron chi connectivity index (χ0n) is 17.4. The SMILES string of the molecule is COc1cc(C[NH2+]C(C)(C)CC(C)(C)C)ccc1OCc1ccc(F)cc1. The summed E-state index contributed by atoms with van der Waals surface area (Å²) in [6, 6.07) is 12.4. The van der Waals surface area contributed by atoms with Crippen LogP contribution >= 0.6 is 0 Å². The van der Waals surface area contributed by atoms with Gasteiger partial charge in [-0.1, -0.05) is 32.9 Å². The molecule has 0 spiro atoms. The Labute approximate surface area is 162 Å². The van der Waals surface area contributed by atoms with Crippen molar-refractivity contribution < 1.29 is 19.2 Å². The first kappa shape index (κ1) is 21.2. The molecule has 0 bridgehead atoms. The number of ether oxygens (including phenoxy) is 2. The maximum absolute atomic E-state index is 13.0. The normalized spacial score (nSPS) is 12.1. The van der Waals surface area contributed by atoms with Gasteiger partial charge in [0, 0.05) is 12.0 Å². The molecule has 2 aromatic carbocycles. The van der Waals surface area contributed by atoms with Crippen molar-refractivity contribution in [3.05, 3.63) is 59.4 Å². The highest BCUT2D eigenvalue weighted by atomic mass is 19.1. The van der Waals surface area contributed by atoms with Crippen molar-refractivity contribution in [2.45, 2.75) is 59.7 Å². The minimum absolute atomic E-state index is 0.170. The minimum Gasteiger partial charge on any atom is -0.493 e. The molecule has 0 saturated heterocycles. The average molecular weight is 375 g/mol. The second-order valence-corrected chi connectivity index (χ2v) is 9.03. The van der Waals surface area contributed by atoms with Gasteiger partial charge in [0.25, 0.3) is 0 Å². The molecule has 0 atom stereocenters. The van der Waals surface area contributed by atoms with Crippen LogP contribution in [0.2, 0.25) is 0 Å². The Hall–Kier alpha value is -2.07. The number of rotatable bonds is 8. The Morgan fingerprint density at radius 1 is 0.889 bits per heavy atom. The molecule has 0 fully saturated rings. The Bertz CT molecular complexity index is 733. The first-order valence-electron chi connectivity index (χ1n) is 9.46.